The van der Waals surface area contributed by atoms with Gasteiger partial charge in [0.25, 0.3) is 0 Å². The van der Waals surface area contributed by atoms with E-state index in [0.717, 1.165) is 31.6 Å². The molecule has 1 fully saturated rings. The summed E-state index contributed by atoms with van der Waals surface area (Å²) in [4.78, 5) is 14.3. The lowest BCUT2D eigenvalue weighted by Gasteiger charge is -2.33. The Balaban J connectivity index is 1.99. The van der Waals surface area contributed by atoms with Crippen LogP contribution in [0.5, 0.6) is 0 Å². The number of carbonyl (C=O) groups is 1. The lowest BCUT2D eigenvalue weighted by molar-refractivity contribution is 0.188. The van der Waals surface area contributed by atoms with Crippen molar-refractivity contribution in [1.29, 1.82) is 0 Å². The smallest absolute Gasteiger partial charge is 0.317 e. The summed E-state index contributed by atoms with van der Waals surface area (Å²) in [6.07, 6.45) is 4.55. The number of urea groups is 1. The van der Waals surface area contributed by atoms with E-state index in [4.69, 9.17) is 0 Å². The van der Waals surface area contributed by atoms with Crippen LogP contribution in [0.3, 0.4) is 0 Å². The number of rotatable bonds is 3. The van der Waals surface area contributed by atoms with Crippen LogP contribution in [0, 0.1) is 5.41 Å². The first-order valence-electron chi connectivity index (χ1n) is 7.21. The number of hydrogen-bond donors (Lipinski definition) is 2. The fourth-order valence-electron chi connectivity index (χ4n) is 2.83. The molecule has 2 heterocycles. The molecule has 0 bridgehead atoms. The standard InChI is InChI=1S/C16H25N3O/c1-5-12-7-8-19(10-13(12)6-2)15(20)18-14-9-17-11-16(14,3)4/h5-6,14,17H,1-2,7-11H2,3-4H3,(H,18,20). The quantitative estimate of drug-likeness (QED) is 0.828. The van der Waals surface area contributed by atoms with Gasteiger partial charge in [-0.05, 0) is 23.0 Å². The molecule has 2 aliphatic heterocycles. The van der Waals surface area contributed by atoms with E-state index in [1.165, 1.54) is 5.57 Å². The molecule has 20 heavy (non-hydrogen) atoms. The predicted molar refractivity (Wildman–Crippen MR) is 82.6 cm³/mol. The van der Waals surface area contributed by atoms with E-state index in [0.29, 0.717) is 6.54 Å². The SMILES string of the molecule is C=CC1=C(C=C)CN(C(=O)NC2CNCC2(C)C)CC1. The molecule has 1 saturated heterocycles. The van der Waals surface area contributed by atoms with Crippen LogP contribution >= 0.6 is 0 Å². The summed E-state index contributed by atoms with van der Waals surface area (Å²) in [7, 11) is 0. The second kappa shape index (κ2) is 5.83. The van der Waals surface area contributed by atoms with Crippen LogP contribution in [0.15, 0.2) is 36.5 Å². The minimum atomic E-state index is 0.0224. The second-order valence-electron chi connectivity index (χ2n) is 6.25. The average molecular weight is 275 g/mol. The third kappa shape index (κ3) is 2.96. The van der Waals surface area contributed by atoms with Gasteiger partial charge in [0, 0.05) is 32.2 Å². The van der Waals surface area contributed by atoms with Crippen LogP contribution in [-0.2, 0) is 0 Å². The molecule has 2 aliphatic rings. The number of carbonyl (C=O) groups excluding carboxylic acids is 1. The Labute approximate surface area is 121 Å². The van der Waals surface area contributed by atoms with Crippen molar-refractivity contribution >= 4 is 6.03 Å². The summed E-state index contributed by atoms with van der Waals surface area (Å²) in [5.41, 5.74) is 2.41. The molecule has 1 atom stereocenters. The van der Waals surface area contributed by atoms with Crippen LogP contribution in [0.4, 0.5) is 4.79 Å². The van der Waals surface area contributed by atoms with Crippen LogP contribution in [-0.4, -0.2) is 43.2 Å². The van der Waals surface area contributed by atoms with Gasteiger partial charge in [-0.15, -0.1) is 0 Å². The van der Waals surface area contributed by atoms with E-state index in [-0.39, 0.29) is 17.5 Å². The molecular weight excluding hydrogens is 250 g/mol. The van der Waals surface area contributed by atoms with Crippen LogP contribution in [0.2, 0.25) is 0 Å². The van der Waals surface area contributed by atoms with Crippen LogP contribution in [0.1, 0.15) is 20.3 Å². The minimum Gasteiger partial charge on any atom is -0.333 e. The zero-order valence-electron chi connectivity index (χ0n) is 12.5. The lowest BCUT2D eigenvalue weighted by atomic mass is 9.88. The second-order valence-corrected chi connectivity index (χ2v) is 6.25. The molecule has 0 radical (unpaired) electrons. The van der Waals surface area contributed by atoms with E-state index in [1.807, 2.05) is 17.1 Å². The molecule has 1 unspecified atom stereocenters. The van der Waals surface area contributed by atoms with Gasteiger partial charge < -0.3 is 15.5 Å². The number of nitrogens with one attached hydrogen (secondary N) is 2. The van der Waals surface area contributed by atoms with E-state index in [1.54, 1.807) is 0 Å². The highest BCUT2D eigenvalue weighted by molar-refractivity contribution is 5.75. The van der Waals surface area contributed by atoms with Crippen molar-refractivity contribution in [2.45, 2.75) is 26.3 Å². The zero-order valence-corrected chi connectivity index (χ0v) is 12.5. The van der Waals surface area contributed by atoms with Gasteiger partial charge in [-0.2, -0.15) is 0 Å². The number of nitrogens with zero attached hydrogens (tertiary/aromatic N) is 1. The van der Waals surface area contributed by atoms with Gasteiger partial charge in [0.15, 0.2) is 0 Å². The normalized spacial score (nSPS) is 25.5. The van der Waals surface area contributed by atoms with Crippen molar-refractivity contribution < 1.29 is 4.79 Å². The van der Waals surface area contributed by atoms with Gasteiger partial charge >= 0.3 is 6.03 Å². The first kappa shape index (κ1) is 14.9. The maximum absolute atomic E-state index is 12.4. The number of allylic oxidation sites excluding steroid dienone is 1. The number of hydrogen-bond acceptors (Lipinski definition) is 2. The van der Waals surface area contributed by atoms with Crippen molar-refractivity contribution in [2.75, 3.05) is 26.2 Å². The average Bonchev–Trinajstić information content (AvgIpc) is 2.77. The fraction of sp³-hybridized carbons (Fsp3) is 0.562. The Morgan fingerprint density at radius 1 is 1.40 bits per heavy atom. The van der Waals surface area contributed by atoms with E-state index in [9.17, 15) is 4.79 Å². The van der Waals surface area contributed by atoms with E-state index >= 15 is 0 Å². The molecule has 0 aromatic heterocycles. The summed E-state index contributed by atoms with van der Waals surface area (Å²) in [5.74, 6) is 0. The Bertz CT molecular complexity index is 451. The highest BCUT2D eigenvalue weighted by Gasteiger charge is 2.36. The van der Waals surface area contributed by atoms with Crippen molar-refractivity contribution in [3.05, 3.63) is 36.5 Å². The summed E-state index contributed by atoms with van der Waals surface area (Å²) < 4.78 is 0. The molecule has 0 saturated carbocycles. The largest absolute Gasteiger partial charge is 0.333 e. The maximum Gasteiger partial charge on any atom is 0.317 e. The Hall–Kier alpha value is -1.55. The first-order chi connectivity index (χ1) is 9.47. The molecular formula is C16H25N3O. The lowest BCUT2D eigenvalue weighted by Crippen LogP contribution is -2.51. The molecule has 2 amide bonds. The van der Waals surface area contributed by atoms with Gasteiger partial charge in [-0.25, -0.2) is 4.79 Å². The van der Waals surface area contributed by atoms with Crippen molar-refractivity contribution in [3.8, 4) is 0 Å². The molecule has 2 N–H and O–H groups in total. The highest BCUT2D eigenvalue weighted by atomic mass is 16.2. The first-order valence-corrected chi connectivity index (χ1v) is 7.21. The van der Waals surface area contributed by atoms with E-state index in [2.05, 4.69) is 37.6 Å². The van der Waals surface area contributed by atoms with E-state index < -0.39 is 0 Å². The Kier molecular flexibility index (Phi) is 4.33. The monoisotopic (exact) mass is 275 g/mol. The molecule has 4 nitrogen and oxygen atoms in total. The highest BCUT2D eigenvalue weighted by Crippen LogP contribution is 2.25. The maximum atomic E-state index is 12.4. The fourth-order valence-corrected chi connectivity index (χ4v) is 2.83. The molecule has 0 spiro atoms. The number of amides is 2. The summed E-state index contributed by atoms with van der Waals surface area (Å²) in [5, 5.41) is 6.49. The van der Waals surface area contributed by atoms with Crippen molar-refractivity contribution in [2.24, 2.45) is 5.41 Å². The van der Waals surface area contributed by atoms with Crippen molar-refractivity contribution in [1.82, 2.24) is 15.5 Å². The molecule has 0 aliphatic carbocycles. The summed E-state index contributed by atoms with van der Waals surface area (Å²) >= 11 is 0. The van der Waals surface area contributed by atoms with Crippen molar-refractivity contribution in [3.63, 3.8) is 0 Å². The minimum absolute atomic E-state index is 0.0224. The van der Waals surface area contributed by atoms with Crippen LogP contribution < -0.4 is 10.6 Å². The Morgan fingerprint density at radius 3 is 2.65 bits per heavy atom. The molecule has 110 valence electrons. The van der Waals surface area contributed by atoms with Gasteiger partial charge in [-0.3, -0.25) is 0 Å². The molecule has 4 heteroatoms. The summed E-state index contributed by atoms with van der Waals surface area (Å²) in [6, 6.07) is 0.209. The van der Waals surface area contributed by atoms with Gasteiger partial charge in [-0.1, -0.05) is 39.2 Å². The molecule has 0 aromatic carbocycles. The zero-order chi connectivity index (χ0) is 14.8. The van der Waals surface area contributed by atoms with Gasteiger partial charge in [0.2, 0.25) is 0 Å². The topological polar surface area (TPSA) is 44.4 Å². The third-order valence-electron chi connectivity index (χ3n) is 4.37. The molecule has 2 rings (SSSR count). The van der Waals surface area contributed by atoms with Crippen LogP contribution in [0.25, 0.3) is 0 Å². The third-order valence-corrected chi connectivity index (χ3v) is 4.37. The molecule has 0 aromatic rings. The van der Waals surface area contributed by atoms with Gasteiger partial charge in [0.1, 0.15) is 0 Å². The summed E-state index contributed by atoms with van der Waals surface area (Å²) in [6.45, 7) is 15.2. The van der Waals surface area contributed by atoms with Gasteiger partial charge in [0.05, 0.1) is 0 Å². The Morgan fingerprint density at radius 2 is 2.10 bits per heavy atom. The predicted octanol–water partition coefficient (Wildman–Crippen LogP) is 2.07.